The molecule has 0 radical (unpaired) electrons. The standard InChI is InChI=1S/C42H36N10/c1-4-28-7-10-31-13-16-34(49-40(31)37(28)46-19-1)43-22-25-52(26-23-44-35-17-14-32-11-8-29-5-2-20-47-38(29)41(32)50-35)27-24-45-36-18-15-33-12-9-30-6-3-21-48-39(30)42(33)51-36/h1-21H,22-27H2,(H,43,49)(H,44,50)(H,45,51). The molecule has 0 bridgehead atoms. The van der Waals surface area contributed by atoms with Crippen molar-refractivity contribution in [1.82, 2.24) is 34.8 Å². The fourth-order valence-corrected chi connectivity index (χ4v) is 6.83. The minimum absolute atomic E-state index is 0.731. The predicted octanol–water partition coefficient (Wildman–Crippen LogP) is 7.91. The monoisotopic (exact) mass is 680 g/mol. The van der Waals surface area contributed by atoms with Gasteiger partial charge in [0.1, 0.15) is 17.5 Å². The lowest BCUT2D eigenvalue weighted by Gasteiger charge is -2.23. The quantitative estimate of drug-likeness (QED) is 0.110. The van der Waals surface area contributed by atoms with E-state index < -0.39 is 0 Å². The number of fused-ring (bicyclic) bond motifs is 9. The van der Waals surface area contributed by atoms with Crippen molar-refractivity contribution in [3.8, 4) is 0 Å². The molecule has 10 nitrogen and oxygen atoms in total. The zero-order chi connectivity index (χ0) is 34.7. The molecule has 9 rings (SSSR count). The van der Waals surface area contributed by atoms with E-state index >= 15 is 0 Å². The van der Waals surface area contributed by atoms with Gasteiger partial charge in [-0.05, 0) is 54.6 Å². The number of nitrogens with zero attached hydrogens (tertiary/aromatic N) is 7. The highest BCUT2D eigenvalue weighted by atomic mass is 15.2. The molecule has 6 heterocycles. The second-order valence-corrected chi connectivity index (χ2v) is 12.8. The second kappa shape index (κ2) is 14.0. The van der Waals surface area contributed by atoms with Gasteiger partial charge >= 0.3 is 0 Å². The van der Waals surface area contributed by atoms with Crippen molar-refractivity contribution in [2.24, 2.45) is 0 Å². The normalized spacial score (nSPS) is 11.7. The van der Waals surface area contributed by atoms with Crippen molar-refractivity contribution in [2.45, 2.75) is 0 Å². The molecule has 0 aliphatic rings. The summed E-state index contributed by atoms with van der Waals surface area (Å²) in [6, 6.07) is 37.1. The van der Waals surface area contributed by atoms with Crippen LogP contribution in [0.25, 0.3) is 65.4 Å². The summed E-state index contributed by atoms with van der Waals surface area (Å²) in [5, 5.41) is 17.2. The molecule has 3 N–H and O–H groups in total. The molecule has 0 saturated carbocycles. The van der Waals surface area contributed by atoms with E-state index in [9.17, 15) is 0 Å². The molecule has 0 aliphatic heterocycles. The zero-order valence-corrected chi connectivity index (χ0v) is 28.5. The SMILES string of the molecule is c1cnc2c(c1)ccc1ccc(NCCN(CCNc3ccc4ccc5cccnc5c4n3)CCNc3ccc4ccc5cccnc5c4n3)nc12. The Morgan fingerprint density at radius 1 is 0.346 bits per heavy atom. The Morgan fingerprint density at radius 3 is 0.962 bits per heavy atom. The van der Waals surface area contributed by atoms with Crippen LogP contribution < -0.4 is 16.0 Å². The average molecular weight is 681 g/mol. The first-order valence-corrected chi connectivity index (χ1v) is 17.6. The van der Waals surface area contributed by atoms with Crippen LogP contribution in [0.5, 0.6) is 0 Å². The topological polar surface area (TPSA) is 117 Å². The molecular formula is C42H36N10. The van der Waals surface area contributed by atoms with E-state index in [2.05, 4.69) is 109 Å². The average Bonchev–Trinajstić information content (AvgIpc) is 3.20. The molecule has 0 atom stereocenters. The Labute approximate surface area is 300 Å². The van der Waals surface area contributed by atoms with E-state index in [1.165, 1.54) is 0 Å². The molecule has 0 saturated heterocycles. The lowest BCUT2D eigenvalue weighted by atomic mass is 10.1. The maximum Gasteiger partial charge on any atom is 0.126 e. The Kier molecular flexibility index (Phi) is 8.47. The van der Waals surface area contributed by atoms with Gasteiger partial charge in [0.25, 0.3) is 0 Å². The molecule has 254 valence electrons. The van der Waals surface area contributed by atoms with Gasteiger partial charge in [0.05, 0.1) is 33.1 Å². The van der Waals surface area contributed by atoms with Crippen molar-refractivity contribution in [2.75, 3.05) is 55.2 Å². The first kappa shape index (κ1) is 31.5. The third-order valence-corrected chi connectivity index (χ3v) is 9.50. The number of benzene rings is 3. The van der Waals surface area contributed by atoms with Gasteiger partial charge in [0.2, 0.25) is 0 Å². The van der Waals surface area contributed by atoms with Gasteiger partial charge in [-0.25, -0.2) is 15.0 Å². The Balaban J connectivity index is 0.896. The Morgan fingerprint density at radius 2 is 0.635 bits per heavy atom. The highest BCUT2D eigenvalue weighted by molar-refractivity contribution is 6.04. The van der Waals surface area contributed by atoms with Crippen LogP contribution >= 0.6 is 0 Å². The molecule has 10 heteroatoms. The van der Waals surface area contributed by atoms with Crippen LogP contribution in [-0.2, 0) is 0 Å². The molecular weight excluding hydrogens is 645 g/mol. The zero-order valence-electron chi connectivity index (χ0n) is 28.5. The van der Waals surface area contributed by atoms with E-state index in [1.807, 2.05) is 55.0 Å². The predicted molar refractivity (Wildman–Crippen MR) is 213 cm³/mol. The van der Waals surface area contributed by atoms with E-state index in [0.29, 0.717) is 0 Å². The maximum absolute atomic E-state index is 4.95. The first-order valence-electron chi connectivity index (χ1n) is 17.6. The summed E-state index contributed by atoms with van der Waals surface area (Å²) >= 11 is 0. The van der Waals surface area contributed by atoms with Gasteiger partial charge < -0.3 is 16.0 Å². The van der Waals surface area contributed by atoms with Gasteiger partial charge in [-0.1, -0.05) is 54.6 Å². The molecule has 9 aromatic rings. The van der Waals surface area contributed by atoms with Crippen molar-refractivity contribution >= 4 is 82.9 Å². The first-order chi connectivity index (χ1) is 25.7. The van der Waals surface area contributed by atoms with Crippen molar-refractivity contribution < 1.29 is 0 Å². The maximum atomic E-state index is 4.95. The van der Waals surface area contributed by atoms with E-state index in [1.54, 1.807) is 0 Å². The minimum atomic E-state index is 0.731. The van der Waals surface area contributed by atoms with Crippen molar-refractivity contribution in [1.29, 1.82) is 0 Å². The third-order valence-electron chi connectivity index (χ3n) is 9.50. The number of nitrogens with one attached hydrogen (secondary N) is 3. The molecule has 6 aromatic heterocycles. The van der Waals surface area contributed by atoms with Crippen LogP contribution in [0.4, 0.5) is 17.5 Å². The van der Waals surface area contributed by atoms with Crippen LogP contribution in [-0.4, -0.2) is 74.1 Å². The highest BCUT2D eigenvalue weighted by Gasteiger charge is 2.10. The minimum Gasteiger partial charge on any atom is -0.369 e. The van der Waals surface area contributed by atoms with Crippen LogP contribution in [0.2, 0.25) is 0 Å². The number of rotatable bonds is 12. The van der Waals surface area contributed by atoms with Crippen LogP contribution in [0, 0.1) is 0 Å². The summed E-state index contributed by atoms with van der Waals surface area (Å²) < 4.78 is 0. The largest absolute Gasteiger partial charge is 0.369 e. The lowest BCUT2D eigenvalue weighted by Crippen LogP contribution is -2.36. The summed E-state index contributed by atoms with van der Waals surface area (Å²) in [5.74, 6) is 2.51. The van der Waals surface area contributed by atoms with Crippen LogP contribution in [0.15, 0.2) is 128 Å². The van der Waals surface area contributed by atoms with E-state index in [-0.39, 0.29) is 0 Å². The molecule has 3 aromatic carbocycles. The number of pyridine rings is 6. The van der Waals surface area contributed by atoms with Crippen molar-refractivity contribution in [3.63, 3.8) is 0 Å². The van der Waals surface area contributed by atoms with E-state index in [4.69, 9.17) is 15.0 Å². The van der Waals surface area contributed by atoms with Gasteiger partial charge in [-0.2, -0.15) is 0 Å². The number of anilines is 3. The lowest BCUT2D eigenvalue weighted by molar-refractivity contribution is 0.306. The molecule has 0 spiro atoms. The number of hydrogen-bond donors (Lipinski definition) is 3. The number of aromatic nitrogens is 6. The summed E-state index contributed by atoms with van der Waals surface area (Å²) in [5.41, 5.74) is 5.47. The molecule has 52 heavy (non-hydrogen) atoms. The molecule has 0 amide bonds. The van der Waals surface area contributed by atoms with Crippen molar-refractivity contribution in [3.05, 3.63) is 128 Å². The fraction of sp³-hybridized carbons (Fsp3) is 0.143. The van der Waals surface area contributed by atoms with Crippen LogP contribution in [0.3, 0.4) is 0 Å². The summed E-state index contributed by atoms with van der Waals surface area (Å²) in [4.78, 5) is 31.1. The Hall–Kier alpha value is -6.52. The van der Waals surface area contributed by atoms with Gasteiger partial charge in [0, 0.05) is 90.2 Å². The summed E-state index contributed by atoms with van der Waals surface area (Å²) in [7, 11) is 0. The summed E-state index contributed by atoms with van der Waals surface area (Å²) in [6.45, 7) is 4.64. The van der Waals surface area contributed by atoms with Crippen LogP contribution in [0.1, 0.15) is 0 Å². The van der Waals surface area contributed by atoms with Gasteiger partial charge in [-0.15, -0.1) is 0 Å². The molecule has 0 fully saturated rings. The third kappa shape index (κ3) is 6.43. The molecule has 0 unspecified atom stereocenters. The fourth-order valence-electron chi connectivity index (χ4n) is 6.83. The van der Waals surface area contributed by atoms with E-state index in [0.717, 1.165) is 122 Å². The van der Waals surface area contributed by atoms with Gasteiger partial charge in [0.15, 0.2) is 0 Å². The summed E-state index contributed by atoms with van der Waals surface area (Å²) in [6.07, 6.45) is 5.47. The number of hydrogen-bond acceptors (Lipinski definition) is 10. The van der Waals surface area contributed by atoms with Gasteiger partial charge in [-0.3, -0.25) is 19.9 Å². The Bertz CT molecular complexity index is 2420. The smallest absolute Gasteiger partial charge is 0.126 e. The molecule has 0 aliphatic carbocycles. The second-order valence-electron chi connectivity index (χ2n) is 12.8. The highest BCUT2D eigenvalue weighted by Crippen LogP contribution is 2.26.